The smallest absolute Gasteiger partial charge is 0.445 e. The third-order valence-electron chi connectivity index (χ3n) is 6.95. The Morgan fingerprint density at radius 1 is 0.690 bits per heavy atom. The molecule has 2 aromatic rings. The molecule has 2 N–H and O–H groups in total. The SMILES string of the molecule is C=CCOC(=O)Nc1nc(=O)n([C@@H]2CS[C@H](COC(=O)OCCOCCOCCOC(=O)OC[C@H]3O[C@H](n4cc(F)c(NC(=O)OCC=C)nc4=O)CS3)O2)cc1F. The third kappa shape index (κ3) is 14.9. The molecule has 4 rings (SSSR count). The standard InChI is InChI=1S/C32H38F2N6O16S2/c1-3-5-49-29(43)37-25-19(33)13-39(27(41)35-25)21-17-57-23(55-21)15-53-31(45)51-11-9-47-7-8-48-10-12-52-32(46)54-16-24-56-22(18-58-24)40-14-20(34)26(36-28(40)42)38-30(44)50-6-4-2/h3-4,13-14,21-24H,1-2,5-12,15-18H2,(H,35,37,41,43)(H,36,38,42,44)/t21-,22-,23-,24+/m0/s1. The van der Waals surface area contributed by atoms with Crippen molar-refractivity contribution in [1.29, 1.82) is 0 Å². The van der Waals surface area contributed by atoms with E-state index in [0.29, 0.717) is 0 Å². The molecule has 318 valence electrons. The Kier molecular flexibility index (Phi) is 18.7. The normalized spacial score (nSPS) is 18.4. The Balaban J connectivity index is 0.985. The maximum absolute atomic E-state index is 14.4. The lowest BCUT2D eigenvalue weighted by Gasteiger charge is -2.15. The minimum atomic E-state index is -1.02. The number of nitrogens with zero attached hydrogens (tertiary/aromatic N) is 4. The van der Waals surface area contributed by atoms with Crippen LogP contribution >= 0.6 is 23.5 Å². The van der Waals surface area contributed by atoms with Gasteiger partial charge in [0, 0.05) is 11.5 Å². The Hall–Kier alpha value is -5.28. The van der Waals surface area contributed by atoms with Crippen molar-refractivity contribution >= 4 is 59.7 Å². The van der Waals surface area contributed by atoms with E-state index < -0.39 is 82.5 Å². The molecular weight excluding hydrogens is 827 g/mol. The van der Waals surface area contributed by atoms with E-state index in [-0.39, 0.29) is 77.6 Å². The van der Waals surface area contributed by atoms with Gasteiger partial charge in [-0.2, -0.15) is 9.97 Å². The van der Waals surface area contributed by atoms with E-state index in [1.807, 2.05) is 10.6 Å². The van der Waals surface area contributed by atoms with Gasteiger partial charge in [-0.15, -0.1) is 23.5 Å². The summed E-state index contributed by atoms with van der Waals surface area (Å²) in [5, 5.41) is 4.05. The highest BCUT2D eigenvalue weighted by Crippen LogP contribution is 2.32. The fourth-order valence-corrected chi connectivity index (χ4v) is 6.39. The summed E-state index contributed by atoms with van der Waals surface area (Å²) in [5.41, 5.74) is -3.16. The van der Waals surface area contributed by atoms with E-state index in [0.717, 1.165) is 21.5 Å². The maximum Gasteiger partial charge on any atom is 0.508 e. The molecule has 26 heteroatoms. The number of anilines is 2. The predicted molar refractivity (Wildman–Crippen MR) is 196 cm³/mol. The number of nitrogens with one attached hydrogen (secondary N) is 2. The van der Waals surface area contributed by atoms with Crippen LogP contribution in [0.3, 0.4) is 0 Å². The fraction of sp³-hybridized carbons (Fsp3) is 0.500. The van der Waals surface area contributed by atoms with Gasteiger partial charge in [0.25, 0.3) is 0 Å². The van der Waals surface area contributed by atoms with Crippen LogP contribution in [0.25, 0.3) is 0 Å². The number of thioether (sulfide) groups is 2. The summed E-state index contributed by atoms with van der Waals surface area (Å²) in [6.07, 6.45) is -1.58. The van der Waals surface area contributed by atoms with E-state index in [4.69, 9.17) is 37.9 Å². The number of amides is 2. The molecule has 2 aliphatic rings. The highest BCUT2D eigenvalue weighted by molar-refractivity contribution is 8.00. The van der Waals surface area contributed by atoms with Crippen LogP contribution in [0.5, 0.6) is 0 Å². The van der Waals surface area contributed by atoms with E-state index in [9.17, 15) is 37.5 Å². The molecule has 0 unspecified atom stereocenters. The molecule has 2 saturated heterocycles. The summed E-state index contributed by atoms with van der Waals surface area (Å²) >= 11 is 2.41. The van der Waals surface area contributed by atoms with Gasteiger partial charge in [0.2, 0.25) is 0 Å². The van der Waals surface area contributed by atoms with Gasteiger partial charge in [0.1, 0.15) is 63.0 Å². The molecule has 0 radical (unpaired) electrons. The number of carbonyl (C=O) groups is 4. The maximum atomic E-state index is 14.4. The summed E-state index contributed by atoms with van der Waals surface area (Å²) in [6.45, 7) is 6.08. The molecule has 4 atom stereocenters. The number of ether oxygens (including phenoxy) is 10. The number of halogens is 2. The zero-order chi connectivity index (χ0) is 41.9. The van der Waals surface area contributed by atoms with Gasteiger partial charge in [-0.3, -0.25) is 19.8 Å². The predicted octanol–water partition coefficient (Wildman–Crippen LogP) is 2.76. The summed E-state index contributed by atoms with van der Waals surface area (Å²) in [5.74, 6) is -2.80. The second kappa shape index (κ2) is 23.8. The molecule has 22 nitrogen and oxygen atoms in total. The quantitative estimate of drug-likeness (QED) is 0.0792. The summed E-state index contributed by atoms with van der Waals surface area (Å²) < 4.78 is 81.8. The van der Waals surface area contributed by atoms with Gasteiger partial charge in [-0.1, -0.05) is 25.3 Å². The molecule has 2 aliphatic heterocycles. The third-order valence-corrected chi connectivity index (χ3v) is 9.14. The topological polar surface area (TPSA) is 254 Å². The average molecular weight is 865 g/mol. The van der Waals surface area contributed by atoms with Gasteiger partial charge >= 0.3 is 35.9 Å². The van der Waals surface area contributed by atoms with Crippen LogP contribution < -0.4 is 22.0 Å². The first kappa shape index (κ1) is 45.4. The monoisotopic (exact) mass is 864 g/mol. The fourth-order valence-electron chi connectivity index (χ4n) is 4.41. The summed E-state index contributed by atoms with van der Waals surface area (Å²) in [7, 11) is 0. The van der Waals surface area contributed by atoms with Crippen LogP contribution in [0.4, 0.5) is 39.6 Å². The van der Waals surface area contributed by atoms with Gasteiger partial charge in [0.05, 0.1) is 38.8 Å². The van der Waals surface area contributed by atoms with Crippen LogP contribution in [-0.4, -0.2) is 132 Å². The number of aromatic nitrogens is 4. The molecule has 2 fully saturated rings. The highest BCUT2D eigenvalue weighted by Gasteiger charge is 2.31. The Morgan fingerprint density at radius 2 is 1.09 bits per heavy atom. The minimum absolute atomic E-state index is 0.0217. The molecular formula is C32H38F2N6O16S2. The molecule has 2 amide bonds. The van der Waals surface area contributed by atoms with Crippen molar-refractivity contribution < 1.29 is 75.3 Å². The molecule has 58 heavy (non-hydrogen) atoms. The Morgan fingerprint density at radius 3 is 1.48 bits per heavy atom. The van der Waals surface area contributed by atoms with Crippen LogP contribution in [0.1, 0.15) is 12.5 Å². The van der Waals surface area contributed by atoms with Crippen molar-refractivity contribution in [3.05, 3.63) is 70.3 Å². The van der Waals surface area contributed by atoms with Gasteiger partial charge in [-0.25, -0.2) is 37.5 Å². The van der Waals surface area contributed by atoms with Crippen molar-refractivity contribution in [3.63, 3.8) is 0 Å². The summed E-state index contributed by atoms with van der Waals surface area (Å²) in [6, 6.07) is 0. The zero-order valence-electron chi connectivity index (χ0n) is 30.4. The number of hydrogen-bond acceptors (Lipinski definition) is 20. The Labute approximate surface area is 335 Å². The van der Waals surface area contributed by atoms with Crippen molar-refractivity contribution in [2.45, 2.75) is 23.3 Å². The second-order valence-electron chi connectivity index (χ2n) is 11.0. The van der Waals surface area contributed by atoms with Crippen molar-refractivity contribution in [3.8, 4) is 0 Å². The lowest BCUT2D eigenvalue weighted by molar-refractivity contribution is -0.0335. The van der Waals surface area contributed by atoms with Crippen LogP contribution in [0.15, 0.2) is 47.3 Å². The van der Waals surface area contributed by atoms with Crippen molar-refractivity contribution in [2.75, 3.05) is 88.2 Å². The molecule has 0 aromatic carbocycles. The first-order chi connectivity index (χ1) is 28.0. The van der Waals surface area contributed by atoms with E-state index >= 15 is 0 Å². The highest BCUT2D eigenvalue weighted by atomic mass is 32.2. The first-order valence-corrected chi connectivity index (χ1v) is 19.0. The van der Waals surface area contributed by atoms with E-state index in [2.05, 4.69) is 32.6 Å². The zero-order valence-corrected chi connectivity index (χ0v) is 32.0. The van der Waals surface area contributed by atoms with Gasteiger partial charge in [0.15, 0.2) is 23.3 Å². The van der Waals surface area contributed by atoms with Crippen molar-refractivity contribution in [2.24, 2.45) is 0 Å². The minimum Gasteiger partial charge on any atom is -0.445 e. The van der Waals surface area contributed by atoms with Crippen molar-refractivity contribution in [1.82, 2.24) is 19.1 Å². The largest absolute Gasteiger partial charge is 0.508 e. The van der Waals surface area contributed by atoms with E-state index in [1.54, 1.807) is 0 Å². The number of hydrogen-bond donors (Lipinski definition) is 2. The summed E-state index contributed by atoms with van der Waals surface area (Å²) in [4.78, 5) is 78.9. The van der Waals surface area contributed by atoms with Gasteiger partial charge < -0.3 is 47.4 Å². The van der Waals surface area contributed by atoms with E-state index in [1.165, 1.54) is 35.7 Å². The molecule has 0 aliphatic carbocycles. The lowest BCUT2D eigenvalue weighted by atomic mass is 10.5. The molecule has 0 saturated carbocycles. The van der Waals surface area contributed by atoms with Crippen LogP contribution in [-0.2, 0) is 47.4 Å². The number of rotatable bonds is 21. The van der Waals surface area contributed by atoms with Crippen LogP contribution in [0, 0.1) is 11.6 Å². The Bertz CT molecular complexity index is 1740. The molecule has 0 bridgehead atoms. The number of carbonyl (C=O) groups excluding carboxylic acids is 4. The lowest BCUT2D eigenvalue weighted by Crippen LogP contribution is -2.31. The second-order valence-corrected chi connectivity index (χ2v) is 13.4. The molecule has 2 aromatic heterocycles. The van der Waals surface area contributed by atoms with Crippen LogP contribution in [0.2, 0.25) is 0 Å². The van der Waals surface area contributed by atoms with Gasteiger partial charge in [-0.05, 0) is 0 Å². The first-order valence-electron chi connectivity index (χ1n) is 16.9. The average Bonchev–Trinajstić information content (AvgIpc) is 3.88. The molecule has 0 spiro atoms. The molecule has 4 heterocycles.